The predicted molar refractivity (Wildman–Crippen MR) is 62.7 cm³/mol. The number of nitrogens with one attached hydrogen (secondary N) is 1. The van der Waals surface area contributed by atoms with E-state index >= 15 is 0 Å². The topological polar surface area (TPSA) is 29.1 Å². The van der Waals surface area contributed by atoms with Crippen molar-refractivity contribution in [3.05, 3.63) is 29.8 Å². The van der Waals surface area contributed by atoms with Gasteiger partial charge in [-0.25, -0.2) is 0 Å². The van der Waals surface area contributed by atoms with Crippen LogP contribution >= 0.6 is 12.2 Å². The standard InChI is InChI=1S/C11H13NOS/c1-8-5-3-4-6-10(8)12-11(14)7-9(2)13/h3-6H,7H2,1-2H3,(H,12,14). The summed E-state index contributed by atoms with van der Waals surface area (Å²) in [5, 5.41) is 3.05. The number of anilines is 1. The van der Waals surface area contributed by atoms with Gasteiger partial charge < -0.3 is 5.32 Å². The lowest BCUT2D eigenvalue weighted by molar-refractivity contribution is -0.115. The molecule has 1 aromatic carbocycles. The maximum atomic E-state index is 10.8. The Morgan fingerprint density at radius 2 is 2.07 bits per heavy atom. The van der Waals surface area contributed by atoms with Crippen LogP contribution in [0.1, 0.15) is 18.9 Å². The summed E-state index contributed by atoms with van der Waals surface area (Å²) in [6.07, 6.45) is 0.309. The number of hydrogen-bond donors (Lipinski definition) is 1. The molecule has 0 unspecified atom stereocenters. The Kier molecular flexibility index (Phi) is 3.77. The maximum Gasteiger partial charge on any atom is 0.136 e. The molecule has 0 saturated heterocycles. The van der Waals surface area contributed by atoms with E-state index < -0.39 is 0 Å². The zero-order valence-corrected chi connectivity index (χ0v) is 9.15. The number of benzene rings is 1. The molecule has 1 aromatic rings. The Morgan fingerprint density at radius 1 is 1.43 bits per heavy atom. The average Bonchev–Trinajstić information content (AvgIpc) is 2.07. The third kappa shape index (κ3) is 3.26. The summed E-state index contributed by atoms with van der Waals surface area (Å²) in [4.78, 5) is 11.4. The third-order valence-electron chi connectivity index (χ3n) is 1.83. The van der Waals surface area contributed by atoms with Gasteiger partial charge in [0, 0.05) is 5.69 Å². The highest BCUT2D eigenvalue weighted by atomic mass is 32.1. The minimum atomic E-state index is 0.0797. The number of thiocarbonyl (C=S) groups is 1. The molecule has 2 nitrogen and oxygen atoms in total. The van der Waals surface area contributed by atoms with Gasteiger partial charge in [-0.1, -0.05) is 30.4 Å². The second-order valence-corrected chi connectivity index (χ2v) is 3.73. The van der Waals surface area contributed by atoms with Crippen LogP contribution in [-0.4, -0.2) is 10.8 Å². The molecule has 0 atom stereocenters. The van der Waals surface area contributed by atoms with Gasteiger partial charge in [0.05, 0.1) is 11.4 Å². The average molecular weight is 207 g/mol. The van der Waals surface area contributed by atoms with E-state index in [1.54, 1.807) is 0 Å². The Hall–Kier alpha value is -1.22. The van der Waals surface area contributed by atoms with Crippen LogP contribution in [0.3, 0.4) is 0 Å². The minimum absolute atomic E-state index is 0.0797. The van der Waals surface area contributed by atoms with Crippen molar-refractivity contribution in [1.29, 1.82) is 0 Å². The molecule has 0 heterocycles. The first-order valence-corrected chi connectivity index (χ1v) is 4.85. The fourth-order valence-electron chi connectivity index (χ4n) is 1.13. The zero-order chi connectivity index (χ0) is 10.6. The van der Waals surface area contributed by atoms with Crippen LogP contribution in [0, 0.1) is 6.92 Å². The molecule has 0 fully saturated rings. The highest BCUT2D eigenvalue weighted by Gasteiger charge is 2.02. The van der Waals surface area contributed by atoms with Crippen molar-refractivity contribution < 1.29 is 4.79 Å². The van der Waals surface area contributed by atoms with Crippen LogP contribution in [0.2, 0.25) is 0 Å². The van der Waals surface area contributed by atoms with Crippen LogP contribution in [0.5, 0.6) is 0 Å². The van der Waals surface area contributed by atoms with E-state index in [9.17, 15) is 4.79 Å². The smallest absolute Gasteiger partial charge is 0.136 e. The number of ketones is 1. The Bertz CT molecular complexity index is 360. The molecule has 3 heteroatoms. The molecule has 0 aromatic heterocycles. The number of Topliss-reactive ketones (excluding diaryl/α,β-unsaturated/α-hetero) is 1. The summed E-state index contributed by atoms with van der Waals surface area (Å²) < 4.78 is 0. The summed E-state index contributed by atoms with van der Waals surface area (Å²) in [6, 6.07) is 7.85. The quantitative estimate of drug-likeness (QED) is 0.773. The molecule has 0 aliphatic heterocycles. The molecule has 1 N–H and O–H groups in total. The minimum Gasteiger partial charge on any atom is -0.349 e. The number of carbonyl (C=O) groups is 1. The normalized spacial score (nSPS) is 9.57. The van der Waals surface area contributed by atoms with Gasteiger partial charge in [0.2, 0.25) is 0 Å². The molecular weight excluding hydrogens is 194 g/mol. The lowest BCUT2D eigenvalue weighted by Crippen LogP contribution is -2.13. The second kappa shape index (κ2) is 4.86. The Balaban J connectivity index is 2.65. The molecule has 1 rings (SSSR count). The number of carbonyl (C=O) groups excluding carboxylic acids is 1. The van der Waals surface area contributed by atoms with Crippen LogP contribution in [0.25, 0.3) is 0 Å². The molecular formula is C11H13NOS. The predicted octanol–water partition coefficient (Wildman–Crippen LogP) is 2.71. The second-order valence-electron chi connectivity index (χ2n) is 3.24. The summed E-state index contributed by atoms with van der Waals surface area (Å²) in [5.41, 5.74) is 2.09. The van der Waals surface area contributed by atoms with Crippen molar-refractivity contribution in [3.63, 3.8) is 0 Å². The van der Waals surface area contributed by atoms with Gasteiger partial charge in [-0.3, -0.25) is 4.79 Å². The largest absolute Gasteiger partial charge is 0.349 e. The van der Waals surface area contributed by atoms with Gasteiger partial charge >= 0.3 is 0 Å². The third-order valence-corrected chi connectivity index (χ3v) is 2.08. The van der Waals surface area contributed by atoms with E-state index in [1.807, 2.05) is 31.2 Å². The highest BCUT2D eigenvalue weighted by Crippen LogP contribution is 2.13. The number of hydrogen-bond acceptors (Lipinski definition) is 2. The van der Waals surface area contributed by atoms with Gasteiger partial charge in [-0.2, -0.15) is 0 Å². The molecule has 14 heavy (non-hydrogen) atoms. The summed E-state index contributed by atoms with van der Waals surface area (Å²) >= 11 is 5.04. The van der Waals surface area contributed by atoms with Gasteiger partial charge in [0.25, 0.3) is 0 Å². The van der Waals surface area contributed by atoms with Crippen LogP contribution in [-0.2, 0) is 4.79 Å². The van der Waals surface area contributed by atoms with Gasteiger partial charge in [-0.15, -0.1) is 0 Å². The molecule has 0 aliphatic carbocycles. The van der Waals surface area contributed by atoms with Gasteiger partial charge in [0.15, 0.2) is 0 Å². The number of para-hydroxylation sites is 1. The Labute approximate surface area is 89.3 Å². The van der Waals surface area contributed by atoms with E-state index in [0.29, 0.717) is 11.4 Å². The molecule has 0 bridgehead atoms. The summed E-state index contributed by atoms with van der Waals surface area (Å²) in [7, 11) is 0. The Morgan fingerprint density at radius 3 is 2.64 bits per heavy atom. The molecule has 0 aliphatic rings. The van der Waals surface area contributed by atoms with Crippen molar-refractivity contribution in [2.45, 2.75) is 20.3 Å². The monoisotopic (exact) mass is 207 g/mol. The highest BCUT2D eigenvalue weighted by molar-refractivity contribution is 7.80. The first kappa shape index (κ1) is 10.9. The molecule has 0 spiro atoms. The van der Waals surface area contributed by atoms with E-state index in [2.05, 4.69) is 5.32 Å². The zero-order valence-electron chi connectivity index (χ0n) is 8.33. The lowest BCUT2D eigenvalue weighted by atomic mass is 10.2. The van der Waals surface area contributed by atoms with Crippen molar-refractivity contribution in [1.82, 2.24) is 0 Å². The molecule has 0 amide bonds. The number of aryl methyl sites for hydroxylation is 1. The summed E-state index contributed by atoms with van der Waals surface area (Å²) in [6.45, 7) is 3.53. The number of rotatable bonds is 3. The van der Waals surface area contributed by atoms with Crippen LogP contribution < -0.4 is 5.32 Å². The fourth-order valence-corrected chi connectivity index (χ4v) is 1.45. The van der Waals surface area contributed by atoms with Crippen molar-refractivity contribution >= 4 is 28.7 Å². The van der Waals surface area contributed by atoms with Crippen molar-refractivity contribution in [2.75, 3.05) is 5.32 Å². The van der Waals surface area contributed by atoms with Crippen LogP contribution in [0.15, 0.2) is 24.3 Å². The fraction of sp³-hybridized carbons (Fsp3) is 0.273. The SMILES string of the molecule is CC(=O)CC(=S)Nc1ccccc1C. The summed E-state index contributed by atoms with van der Waals surface area (Å²) in [5.74, 6) is 0.0797. The van der Waals surface area contributed by atoms with Gasteiger partial charge in [-0.05, 0) is 25.5 Å². The first-order chi connectivity index (χ1) is 6.59. The van der Waals surface area contributed by atoms with Crippen molar-refractivity contribution in [2.24, 2.45) is 0 Å². The van der Waals surface area contributed by atoms with E-state index in [4.69, 9.17) is 12.2 Å². The maximum absolute atomic E-state index is 10.8. The van der Waals surface area contributed by atoms with Crippen LogP contribution in [0.4, 0.5) is 5.69 Å². The van der Waals surface area contributed by atoms with Crippen molar-refractivity contribution in [3.8, 4) is 0 Å². The van der Waals surface area contributed by atoms with E-state index in [-0.39, 0.29) is 5.78 Å². The first-order valence-electron chi connectivity index (χ1n) is 4.44. The van der Waals surface area contributed by atoms with E-state index in [1.165, 1.54) is 6.92 Å². The lowest BCUT2D eigenvalue weighted by Gasteiger charge is -2.08. The molecule has 0 saturated carbocycles. The van der Waals surface area contributed by atoms with Gasteiger partial charge in [0.1, 0.15) is 5.78 Å². The molecule has 0 radical (unpaired) electrons. The van der Waals surface area contributed by atoms with E-state index in [0.717, 1.165) is 11.3 Å². The molecule has 74 valence electrons.